The van der Waals surface area contributed by atoms with Gasteiger partial charge in [0.1, 0.15) is 0 Å². The zero-order valence-electron chi connectivity index (χ0n) is 10.8. The lowest BCUT2D eigenvalue weighted by atomic mass is 9.94. The quantitative estimate of drug-likeness (QED) is 0.787. The Balaban J connectivity index is 1.61. The van der Waals surface area contributed by atoms with Gasteiger partial charge in [-0.15, -0.1) is 0 Å². The molecular weight excluding hydrogens is 240 g/mol. The molecular formula is C14H18N4O. The highest BCUT2D eigenvalue weighted by Crippen LogP contribution is 2.19. The fourth-order valence-electron chi connectivity index (χ4n) is 2.58. The third-order valence-corrected chi connectivity index (χ3v) is 3.66. The lowest BCUT2D eigenvalue weighted by Crippen LogP contribution is -2.30. The summed E-state index contributed by atoms with van der Waals surface area (Å²) < 4.78 is 0. The van der Waals surface area contributed by atoms with E-state index in [-0.39, 0.29) is 5.91 Å². The second kappa shape index (κ2) is 5.40. The Kier molecular flexibility index (Phi) is 3.46. The average molecular weight is 258 g/mol. The van der Waals surface area contributed by atoms with Crippen LogP contribution >= 0.6 is 0 Å². The highest BCUT2D eigenvalue weighted by molar-refractivity contribution is 5.93. The molecule has 3 rings (SSSR count). The zero-order valence-corrected chi connectivity index (χ0v) is 10.8. The highest BCUT2D eigenvalue weighted by atomic mass is 16.1. The molecule has 1 aromatic carbocycles. The predicted molar refractivity (Wildman–Crippen MR) is 74.9 cm³/mol. The van der Waals surface area contributed by atoms with Gasteiger partial charge in [0.2, 0.25) is 5.91 Å². The number of carbonyl (C=O) groups excluding carboxylic acids is 1. The van der Waals surface area contributed by atoms with Crippen LogP contribution in [-0.2, 0) is 4.79 Å². The van der Waals surface area contributed by atoms with Gasteiger partial charge in [-0.05, 0) is 50.0 Å². The van der Waals surface area contributed by atoms with E-state index in [0.717, 1.165) is 42.5 Å². The number of nitrogens with zero attached hydrogens (tertiary/aromatic N) is 1. The molecule has 1 aliphatic heterocycles. The summed E-state index contributed by atoms with van der Waals surface area (Å²) in [6.07, 6.45) is 4.56. The number of piperidine rings is 1. The van der Waals surface area contributed by atoms with Crippen LogP contribution in [0.15, 0.2) is 24.4 Å². The number of H-pyrrole nitrogens is 1. The third kappa shape index (κ3) is 2.93. The molecule has 1 amide bonds. The monoisotopic (exact) mass is 258 g/mol. The Morgan fingerprint density at radius 2 is 2.21 bits per heavy atom. The van der Waals surface area contributed by atoms with E-state index in [9.17, 15) is 4.79 Å². The lowest BCUT2D eigenvalue weighted by Gasteiger charge is -2.21. The van der Waals surface area contributed by atoms with Crippen LogP contribution < -0.4 is 10.6 Å². The number of amides is 1. The summed E-state index contributed by atoms with van der Waals surface area (Å²) >= 11 is 0. The van der Waals surface area contributed by atoms with Crippen molar-refractivity contribution in [3.05, 3.63) is 24.4 Å². The van der Waals surface area contributed by atoms with Crippen molar-refractivity contribution in [1.82, 2.24) is 15.5 Å². The Morgan fingerprint density at radius 3 is 3.05 bits per heavy atom. The first-order valence-corrected chi connectivity index (χ1v) is 6.75. The van der Waals surface area contributed by atoms with Gasteiger partial charge in [-0.1, -0.05) is 0 Å². The van der Waals surface area contributed by atoms with E-state index in [1.165, 1.54) is 0 Å². The Hall–Kier alpha value is -1.88. The fraction of sp³-hybridized carbons (Fsp3) is 0.429. The molecule has 5 heteroatoms. The number of fused-ring (bicyclic) bond motifs is 1. The number of aromatic amines is 1. The molecule has 1 aliphatic rings. The first kappa shape index (κ1) is 12.2. The number of rotatable bonds is 3. The molecule has 19 heavy (non-hydrogen) atoms. The molecule has 0 radical (unpaired) electrons. The van der Waals surface area contributed by atoms with Crippen molar-refractivity contribution in [3.63, 3.8) is 0 Å². The molecule has 0 bridgehead atoms. The van der Waals surface area contributed by atoms with Gasteiger partial charge in [-0.3, -0.25) is 9.89 Å². The van der Waals surface area contributed by atoms with E-state index in [1.54, 1.807) is 6.20 Å². The molecule has 2 aromatic rings. The number of benzene rings is 1. The molecule has 1 fully saturated rings. The largest absolute Gasteiger partial charge is 0.326 e. The Labute approximate surface area is 111 Å². The van der Waals surface area contributed by atoms with Crippen molar-refractivity contribution in [1.29, 1.82) is 0 Å². The smallest absolute Gasteiger partial charge is 0.224 e. The fourth-order valence-corrected chi connectivity index (χ4v) is 2.58. The van der Waals surface area contributed by atoms with Gasteiger partial charge >= 0.3 is 0 Å². The molecule has 0 atom stereocenters. The maximum absolute atomic E-state index is 12.0. The number of carbonyl (C=O) groups is 1. The Bertz CT molecular complexity index is 572. The van der Waals surface area contributed by atoms with Crippen molar-refractivity contribution in [2.24, 2.45) is 5.92 Å². The minimum absolute atomic E-state index is 0.106. The van der Waals surface area contributed by atoms with Crippen molar-refractivity contribution in [2.75, 3.05) is 18.4 Å². The molecule has 0 saturated carbocycles. The van der Waals surface area contributed by atoms with Gasteiger partial charge in [0, 0.05) is 17.5 Å². The summed E-state index contributed by atoms with van der Waals surface area (Å²) in [5.41, 5.74) is 1.82. The molecule has 3 N–H and O–H groups in total. The number of hydrogen-bond acceptors (Lipinski definition) is 3. The van der Waals surface area contributed by atoms with Gasteiger partial charge in [-0.25, -0.2) is 0 Å². The van der Waals surface area contributed by atoms with E-state index in [1.807, 2.05) is 18.2 Å². The van der Waals surface area contributed by atoms with Crippen LogP contribution in [-0.4, -0.2) is 29.2 Å². The number of nitrogens with one attached hydrogen (secondary N) is 3. The van der Waals surface area contributed by atoms with Crippen molar-refractivity contribution in [3.8, 4) is 0 Å². The predicted octanol–water partition coefficient (Wildman–Crippen LogP) is 1.89. The molecule has 100 valence electrons. The molecule has 0 unspecified atom stereocenters. The van der Waals surface area contributed by atoms with Crippen LogP contribution in [0, 0.1) is 5.92 Å². The van der Waals surface area contributed by atoms with Crippen LogP contribution in [0.2, 0.25) is 0 Å². The third-order valence-electron chi connectivity index (χ3n) is 3.66. The molecule has 5 nitrogen and oxygen atoms in total. The molecule has 1 saturated heterocycles. The van der Waals surface area contributed by atoms with E-state index < -0.39 is 0 Å². The normalized spacial score (nSPS) is 16.6. The first-order valence-electron chi connectivity index (χ1n) is 6.75. The lowest BCUT2D eigenvalue weighted by molar-refractivity contribution is -0.117. The zero-order chi connectivity index (χ0) is 13.1. The van der Waals surface area contributed by atoms with Gasteiger partial charge in [0.15, 0.2) is 0 Å². The summed E-state index contributed by atoms with van der Waals surface area (Å²) in [5, 5.41) is 14.2. The molecule has 2 heterocycles. The number of hydrogen-bond donors (Lipinski definition) is 3. The summed E-state index contributed by atoms with van der Waals surface area (Å²) in [6, 6.07) is 5.78. The van der Waals surface area contributed by atoms with E-state index in [2.05, 4.69) is 20.8 Å². The molecule has 0 spiro atoms. The van der Waals surface area contributed by atoms with Crippen molar-refractivity contribution < 1.29 is 4.79 Å². The van der Waals surface area contributed by atoms with Crippen LogP contribution in [0.1, 0.15) is 19.3 Å². The minimum atomic E-state index is 0.106. The first-order chi connectivity index (χ1) is 9.31. The number of anilines is 1. The van der Waals surface area contributed by atoms with Gasteiger partial charge < -0.3 is 10.6 Å². The van der Waals surface area contributed by atoms with E-state index in [0.29, 0.717) is 12.3 Å². The number of aromatic nitrogens is 2. The molecule has 1 aromatic heterocycles. The summed E-state index contributed by atoms with van der Waals surface area (Å²) in [6.45, 7) is 2.05. The summed E-state index contributed by atoms with van der Waals surface area (Å²) in [4.78, 5) is 12.0. The van der Waals surface area contributed by atoms with E-state index >= 15 is 0 Å². The topological polar surface area (TPSA) is 69.8 Å². The van der Waals surface area contributed by atoms with Crippen LogP contribution in [0.5, 0.6) is 0 Å². The van der Waals surface area contributed by atoms with Gasteiger partial charge in [0.05, 0.1) is 11.7 Å². The second-order valence-electron chi connectivity index (χ2n) is 5.12. The maximum Gasteiger partial charge on any atom is 0.224 e. The van der Waals surface area contributed by atoms with E-state index in [4.69, 9.17) is 0 Å². The van der Waals surface area contributed by atoms with Crippen LogP contribution in [0.3, 0.4) is 0 Å². The minimum Gasteiger partial charge on any atom is -0.326 e. The SMILES string of the molecule is O=C(CC1CCNCC1)Nc1ccc2[nH]ncc2c1. The van der Waals surface area contributed by atoms with Crippen molar-refractivity contribution in [2.45, 2.75) is 19.3 Å². The molecule has 0 aliphatic carbocycles. The van der Waals surface area contributed by atoms with Crippen molar-refractivity contribution >= 4 is 22.5 Å². The summed E-state index contributed by atoms with van der Waals surface area (Å²) in [7, 11) is 0. The standard InChI is InChI=1S/C14H18N4O/c19-14(7-10-3-5-15-6-4-10)17-12-1-2-13-11(8-12)9-16-18-13/h1-2,8-10,15H,3-7H2,(H,16,18)(H,17,19). The van der Waals surface area contributed by atoms with Crippen LogP contribution in [0.4, 0.5) is 5.69 Å². The summed E-state index contributed by atoms with van der Waals surface area (Å²) in [5.74, 6) is 0.619. The maximum atomic E-state index is 12.0. The Morgan fingerprint density at radius 1 is 1.37 bits per heavy atom. The second-order valence-corrected chi connectivity index (χ2v) is 5.12. The highest BCUT2D eigenvalue weighted by Gasteiger charge is 2.16. The van der Waals surface area contributed by atoms with Crippen LogP contribution in [0.25, 0.3) is 10.9 Å². The van der Waals surface area contributed by atoms with Gasteiger partial charge in [-0.2, -0.15) is 5.10 Å². The average Bonchev–Trinajstić information content (AvgIpc) is 2.87. The van der Waals surface area contributed by atoms with Gasteiger partial charge in [0.25, 0.3) is 0 Å².